The van der Waals surface area contributed by atoms with Gasteiger partial charge in [-0.15, -0.1) is 0 Å². The molecule has 6 heteroatoms. The molecule has 30 heavy (non-hydrogen) atoms. The highest BCUT2D eigenvalue weighted by atomic mass is 28.4. The highest BCUT2D eigenvalue weighted by Crippen LogP contribution is 2.18. The molecule has 0 bridgehead atoms. The molecule has 0 amide bonds. The number of hydrogen-bond acceptors (Lipinski definition) is 4. The molecule has 0 aliphatic heterocycles. The van der Waals surface area contributed by atoms with Crippen molar-refractivity contribution in [1.82, 2.24) is 0 Å². The van der Waals surface area contributed by atoms with Gasteiger partial charge in [-0.2, -0.15) is 0 Å². The highest BCUT2D eigenvalue weighted by molar-refractivity contribution is 6.85. The molecule has 0 atom stereocenters. The van der Waals surface area contributed by atoms with E-state index in [2.05, 4.69) is 50.2 Å². The Hall–Kier alpha value is -2.05. The first-order chi connectivity index (χ1) is 14.2. The fraction of sp³-hybridized carbons (Fsp3) is 0.417. The molecule has 0 unspecified atom stereocenters. The van der Waals surface area contributed by atoms with E-state index in [0.717, 1.165) is 22.6 Å². The molecular formula is C24H34O4Si2. The maximum absolute atomic E-state index is 6.13. The minimum atomic E-state index is -2.08. The molecular weight excluding hydrogens is 408 g/mol. The zero-order valence-electron chi connectivity index (χ0n) is 19.5. The summed E-state index contributed by atoms with van der Waals surface area (Å²) in [5, 5.41) is 2.34. The van der Waals surface area contributed by atoms with Gasteiger partial charge < -0.3 is 18.3 Å². The molecule has 4 nitrogen and oxygen atoms in total. The van der Waals surface area contributed by atoms with Gasteiger partial charge in [0, 0.05) is 24.3 Å². The Bertz CT molecular complexity index is 853. The molecule has 162 valence electrons. The number of rotatable bonds is 8. The summed E-state index contributed by atoms with van der Waals surface area (Å²) in [6.45, 7) is 14.2. The monoisotopic (exact) mass is 442 g/mol. The summed E-state index contributed by atoms with van der Waals surface area (Å²) in [6.07, 6.45) is 0. The standard InChI is InChI=1S/C24H34O4Si2/c1-9-27-29(5,6)23-15-13-21(25-3)17-19(23)11-12-20-18-22(26-4)14-16-24(20)30(7,8)28-10-2/h13-18H,9-10H2,1-8H3. The molecule has 2 aromatic carbocycles. The minimum absolute atomic E-state index is 0.687. The fourth-order valence-corrected chi connectivity index (χ4v) is 7.86. The Morgan fingerprint density at radius 1 is 0.667 bits per heavy atom. The molecule has 0 aliphatic carbocycles. The second-order valence-electron chi connectivity index (χ2n) is 7.96. The molecule has 2 rings (SSSR count). The van der Waals surface area contributed by atoms with E-state index in [1.165, 1.54) is 10.4 Å². The van der Waals surface area contributed by atoms with Gasteiger partial charge in [-0.25, -0.2) is 0 Å². The molecule has 0 saturated carbocycles. The van der Waals surface area contributed by atoms with E-state index >= 15 is 0 Å². The predicted octanol–water partition coefficient (Wildman–Crippen LogP) is 4.00. The second kappa shape index (κ2) is 10.3. The van der Waals surface area contributed by atoms with Gasteiger partial charge in [-0.1, -0.05) is 24.0 Å². The van der Waals surface area contributed by atoms with Crippen molar-refractivity contribution in [3.63, 3.8) is 0 Å². The predicted molar refractivity (Wildman–Crippen MR) is 129 cm³/mol. The maximum Gasteiger partial charge on any atom is 0.219 e. The van der Waals surface area contributed by atoms with Crippen molar-refractivity contribution >= 4 is 27.0 Å². The van der Waals surface area contributed by atoms with Crippen LogP contribution in [0.3, 0.4) is 0 Å². The lowest BCUT2D eigenvalue weighted by molar-refractivity contribution is 0.338. The maximum atomic E-state index is 6.13. The van der Waals surface area contributed by atoms with Crippen LogP contribution in [0.4, 0.5) is 0 Å². The van der Waals surface area contributed by atoms with E-state index in [-0.39, 0.29) is 0 Å². The van der Waals surface area contributed by atoms with E-state index in [1.807, 2.05) is 38.1 Å². The lowest BCUT2D eigenvalue weighted by Crippen LogP contribution is -2.46. The minimum Gasteiger partial charge on any atom is -0.497 e. The van der Waals surface area contributed by atoms with E-state index < -0.39 is 16.6 Å². The van der Waals surface area contributed by atoms with Crippen LogP contribution >= 0.6 is 0 Å². The van der Waals surface area contributed by atoms with E-state index in [1.54, 1.807) is 14.2 Å². The Kier molecular flexibility index (Phi) is 8.33. The molecule has 0 aromatic heterocycles. The van der Waals surface area contributed by atoms with E-state index in [9.17, 15) is 0 Å². The third kappa shape index (κ3) is 5.76. The van der Waals surface area contributed by atoms with Gasteiger partial charge in [0.2, 0.25) is 16.6 Å². The summed E-state index contributed by atoms with van der Waals surface area (Å²) < 4.78 is 23.2. The van der Waals surface area contributed by atoms with Gasteiger partial charge in [0.05, 0.1) is 14.2 Å². The first kappa shape index (κ1) is 24.2. The van der Waals surface area contributed by atoms with E-state index in [0.29, 0.717) is 13.2 Å². The van der Waals surface area contributed by atoms with Crippen LogP contribution in [-0.2, 0) is 8.85 Å². The van der Waals surface area contributed by atoms with Crippen LogP contribution in [0.2, 0.25) is 26.2 Å². The van der Waals surface area contributed by atoms with Crippen LogP contribution in [-0.4, -0.2) is 44.1 Å². The Labute approximate surface area is 183 Å². The summed E-state index contributed by atoms with van der Waals surface area (Å²) in [5.74, 6) is 8.40. The zero-order chi connectivity index (χ0) is 22.4. The molecule has 2 aromatic rings. The fourth-order valence-electron chi connectivity index (χ4n) is 3.57. The molecule has 0 heterocycles. The van der Waals surface area contributed by atoms with Crippen LogP contribution in [0.1, 0.15) is 25.0 Å². The number of hydrogen-bond donors (Lipinski definition) is 0. The molecule has 0 radical (unpaired) electrons. The van der Waals surface area contributed by atoms with Crippen molar-refractivity contribution in [2.45, 2.75) is 40.0 Å². The van der Waals surface area contributed by atoms with Crippen LogP contribution in [0.5, 0.6) is 11.5 Å². The third-order valence-electron chi connectivity index (χ3n) is 5.09. The van der Waals surface area contributed by atoms with Crippen LogP contribution < -0.4 is 19.8 Å². The summed E-state index contributed by atoms with van der Waals surface area (Å²) in [7, 11) is -0.806. The third-order valence-corrected chi connectivity index (χ3v) is 10.6. The normalized spacial score (nSPS) is 11.6. The van der Waals surface area contributed by atoms with Crippen molar-refractivity contribution in [2.75, 3.05) is 27.4 Å². The number of ether oxygens (including phenoxy) is 2. The summed E-state index contributed by atoms with van der Waals surface area (Å²) in [4.78, 5) is 0. The molecule has 0 N–H and O–H groups in total. The zero-order valence-corrected chi connectivity index (χ0v) is 21.5. The van der Waals surface area contributed by atoms with Crippen molar-refractivity contribution in [3.8, 4) is 23.3 Å². The first-order valence-corrected chi connectivity index (χ1v) is 16.2. The second-order valence-corrected chi connectivity index (χ2v) is 15.7. The average Bonchev–Trinajstić information content (AvgIpc) is 2.71. The summed E-state index contributed by atoms with van der Waals surface area (Å²) >= 11 is 0. The number of methoxy groups -OCH3 is 2. The Morgan fingerprint density at radius 3 is 1.33 bits per heavy atom. The van der Waals surface area contributed by atoms with Crippen molar-refractivity contribution in [1.29, 1.82) is 0 Å². The van der Waals surface area contributed by atoms with Gasteiger partial charge in [-0.05, 0) is 74.7 Å². The summed E-state index contributed by atoms with van der Waals surface area (Å²) in [5.41, 5.74) is 1.90. The SMILES string of the molecule is CCO[Si](C)(C)c1ccc(OC)cc1C#Cc1cc(OC)ccc1[Si](C)(C)OCC. The average molecular weight is 443 g/mol. The van der Waals surface area contributed by atoms with Crippen LogP contribution in [0.15, 0.2) is 36.4 Å². The molecule has 0 saturated heterocycles. The topological polar surface area (TPSA) is 36.9 Å². The van der Waals surface area contributed by atoms with Crippen LogP contribution in [0, 0.1) is 11.8 Å². The van der Waals surface area contributed by atoms with Gasteiger partial charge in [0.25, 0.3) is 0 Å². The lowest BCUT2D eigenvalue weighted by atomic mass is 10.1. The van der Waals surface area contributed by atoms with Gasteiger partial charge >= 0.3 is 0 Å². The summed E-state index contributed by atoms with van der Waals surface area (Å²) in [6, 6.07) is 12.2. The molecule has 0 fully saturated rings. The van der Waals surface area contributed by atoms with Crippen molar-refractivity contribution < 1.29 is 18.3 Å². The van der Waals surface area contributed by atoms with Crippen molar-refractivity contribution in [3.05, 3.63) is 47.5 Å². The first-order valence-electron chi connectivity index (χ1n) is 10.4. The van der Waals surface area contributed by atoms with Crippen LogP contribution in [0.25, 0.3) is 0 Å². The Morgan fingerprint density at radius 2 is 1.03 bits per heavy atom. The quantitative estimate of drug-likeness (QED) is 0.457. The smallest absolute Gasteiger partial charge is 0.219 e. The van der Waals surface area contributed by atoms with Crippen molar-refractivity contribution in [2.24, 2.45) is 0 Å². The van der Waals surface area contributed by atoms with E-state index in [4.69, 9.17) is 18.3 Å². The molecule has 0 aliphatic rings. The largest absolute Gasteiger partial charge is 0.497 e. The number of benzene rings is 2. The van der Waals surface area contributed by atoms with Gasteiger partial charge in [-0.3, -0.25) is 0 Å². The van der Waals surface area contributed by atoms with Gasteiger partial charge in [0.15, 0.2) is 0 Å². The Balaban J connectivity index is 2.63. The lowest BCUT2D eigenvalue weighted by Gasteiger charge is -2.25. The van der Waals surface area contributed by atoms with Gasteiger partial charge in [0.1, 0.15) is 11.5 Å². The highest BCUT2D eigenvalue weighted by Gasteiger charge is 2.29. The molecule has 0 spiro atoms.